The highest BCUT2D eigenvalue weighted by molar-refractivity contribution is 9.11. The summed E-state index contributed by atoms with van der Waals surface area (Å²) in [6.07, 6.45) is 17.1. The maximum absolute atomic E-state index is 14.4. The van der Waals surface area contributed by atoms with E-state index in [1.807, 2.05) is 67.0 Å². The number of nitrogens with one attached hydrogen (secondary N) is 6. The number of aromatic nitrogens is 4. The van der Waals surface area contributed by atoms with Gasteiger partial charge in [-0.1, -0.05) is 0 Å². The van der Waals surface area contributed by atoms with Crippen LogP contribution in [0.4, 0.5) is 42.2 Å². The highest BCUT2D eigenvalue weighted by atomic mass is 79.9. The van der Waals surface area contributed by atoms with Crippen molar-refractivity contribution in [2.24, 2.45) is 23.5 Å². The van der Waals surface area contributed by atoms with Gasteiger partial charge in [0.25, 0.3) is 0 Å². The standard InChI is InChI=1S/C38H45Br2N9O6.C23H36N4O3.C21H20Br2N4O6/c39-28-20-25(21-29(40)32(28)50)23-30(45-36(53)49-14-7-38(8-15-49)27-2-1-9-43-33(27)46-37(54)55-38)34(51)44-31(22-24-3-10-41-11-4-24)35(52)48-18-16-47(17-19-48)26-5-12-42-13-6-26;1-23(2,3)30-22(29)18-6-4-17(5-7-18)16-20(24)21(28)27-14-12-26(13-15-27)19-8-10-25-11-9-19;22-13-8-11(9-14(23)16(13)28)10-15(18(29)30)25-19(31)27-6-3-21(4-7-27)12-2-1-5-24-17(12)26-20(32)33-21/h1-2,5-6,9,12-13,20-21,24,30-31,41,50H,3-4,7-8,10-11,14-19,22-23H2,(H,44,51)(H,45,53)(H,43,46,54);8-11,17-18,20H,4-7,12-16,24H2,1-3H3;1-2,5,8-9,15,28H,3-4,6-7,10H2,(H,25,31)(H,29,30)(H,24,26,32)/t30-,31+;17?,18?,20-;15-/m101/s1. The van der Waals surface area contributed by atoms with Crippen molar-refractivity contribution >= 4 is 141 Å². The van der Waals surface area contributed by atoms with E-state index >= 15 is 0 Å². The van der Waals surface area contributed by atoms with Gasteiger partial charge in [-0.15, -0.1) is 0 Å². The Morgan fingerprint density at radius 2 is 0.958 bits per heavy atom. The van der Waals surface area contributed by atoms with Gasteiger partial charge < -0.3 is 85.9 Å². The van der Waals surface area contributed by atoms with Gasteiger partial charge in [0.1, 0.15) is 58.1 Å². The lowest BCUT2D eigenvalue weighted by atomic mass is 9.79. The normalized spacial score (nSPS) is 20.0. The largest absolute Gasteiger partial charge is 0.506 e. The third-order valence-corrected chi connectivity index (χ3v) is 25.4. The van der Waals surface area contributed by atoms with E-state index in [1.54, 1.807) is 78.5 Å². The molecule has 0 bridgehead atoms. The zero-order valence-corrected chi connectivity index (χ0v) is 72.4. The highest BCUT2D eigenvalue weighted by Gasteiger charge is 2.48. The van der Waals surface area contributed by atoms with Gasteiger partial charge in [-0.25, -0.2) is 33.9 Å². The second-order valence-corrected chi connectivity index (χ2v) is 35.4. The number of urea groups is 2. The van der Waals surface area contributed by atoms with E-state index in [-0.39, 0.29) is 80.1 Å². The molecule has 2 spiro atoms. The minimum Gasteiger partial charge on any atom is -0.506 e. The van der Waals surface area contributed by atoms with Crippen LogP contribution in [0.2, 0.25) is 0 Å². The van der Waals surface area contributed by atoms with E-state index in [4.69, 9.17) is 19.9 Å². The lowest BCUT2D eigenvalue weighted by Crippen LogP contribution is -2.59. The molecule has 118 heavy (non-hydrogen) atoms. The number of piperazine rings is 2. The molecule has 5 saturated heterocycles. The molecule has 11 N–H and O–H groups in total. The number of aliphatic carboxylic acids is 1. The predicted molar refractivity (Wildman–Crippen MR) is 452 cm³/mol. The van der Waals surface area contributed by atoms with Gasteiger partial charge in [0.05, 0.1) is 29.9 Å². The zero-order chi connectivity index (χ0) is 84.0. The summed E-state index contributed by atoms with van der Waals surface area (Å²) < 4.78 is 18.7. The number of carboxylic acids is 1. The molecular weight excluding hydrogens is 1780 g/mol. The number of carbonyl (C=O) groups is 9. The maximum Gasteiger partial charge on any atom is 0.413 e. The number of amides is 9. The predicted octanol–water partition coefficient (Wildman–Crippen LogP) is 10.3. The fraction of sp³-hybridized carbons (Fsp3) is 0.500. The molecule has 1 aliphatic carbocycles. The molecule has 36 heteroatoms. The van der Waals surface area contributed by atoms with E-state index in [1.165, 1.54) is 4.90 Å². The second-order valence-electron chi connectivity index (χ2n) is 32.0. The number of likely N-dealkylation sites (tertiary alicyclic amines) is 2. The first-order valence-corrected chi connectivity index (χ1v) is 43.1. The monoisotopic (exact) mass is 1880 g/mol. The van der Waals surface area contributed by atoms with Crippen LogP contribution in [-0.2, 0) is 62.2 Å². The lowest BCUT2D eigenvalue weighted by Gasteiger charge is -2.43. The van der Waals surface area contributed by atoms with Gasteiger partial charge in [-0.05, 0) is 245 Å². The third-order valence-electron chi connectivity index (χ3n) is 22.9. The smallest absolute Gasteiger partial charge is 0.413 e. The number of benzene rings is 2. The number of halogens is 4. The van der Waals surface area contributed by atoms with Crippen LogP contribution in [0.25, 0.3) is 0 Å². The van der Waals surface area contributed by atoms with Gasteiger partial charge in [0.2, 0.25) is 17.7 Å². The molecule has 4 atom stereocenters. The van der Waals surface area contributed by atoms with Crippen LogP contribution in [0.1, 0.15) is 120 Å². The Bertz CT molecular complexity index is 4520. The molecule has 14 rings (SSSR count). The number of anilines is 4. The van der Waals surface area contributed by atoms with Crippen molar-refractivity contribution in [2.45, 2.75) is 152 Å². The van der Waals surface area contributed by atoms with Crippen LogP contribution in [0.15, 0.2) is 128 Å². The lowest BCUT2D eigenvalue weighted by molar-refractivity contribution is -0.161. The Hall–Kier alpha value is -9.49. The number of fused-ring (bicyclic) bond motifs is 4. The van der Waals surface area contributed by atoms with E-state index in [2.05, 4.69) is 125 Å². The van der Waals surface area contributed by atoms with Crippen molar-refractivity contribution < 1.29 is 72.7 Å². The van der Waals surface area contributed by atoms with E-state index in [9.17, 15) is 58.5 Å². The zero-order valence-electron chi connectivity index (χ0n) is 66.0. The molecule has 11 heterocycles. The Morgan fingerprint density at radius 3 is 1.39 bits per heavy atom. The molecule has 9 amide bonds. The van der Waals surface area contributed by atoms with Crippen LogP contribution < -0.4 is 47.4 Å². The van der Waals surface area contributed by atoms with Crippen LogP contribution in [0, 0.1) is 17.8 Å². The fourth-order valence-electron chi connectivity index (χ4n) is 16.5. The molecular formula is C82H101Br4N17O15. The second kappa shape index (κ2) is 39.6. The van der Waals surface area contributed by atoms with Crippen molar-refractivity contribution in [3.05, 3.63) is 150 Å². The van der Waals surface area contributed by atoms with Crippen molar-refractivity contribution in [3.8, 4) is 11.5 Å². The van der Waals surface area contributed by atoms with E-state index in [0.29, 0.717) is 124 Å². The number of phenolic OH excluding ortho intramolecular Hbond substituents is 2. The average molecular weight is 1880 g/mol. The first-order chi connectivity index (χ1) is 56.5. The molecule has 8 aliphatic rings. The number of phenols is 2. The van der Waals surface area contributed by atoms with Crippen LogP contribution >= 0.6 is 63.7 Å². The molecule has 4 aromatic heterocycles. The maximum atomic E-state index is 14.4. The SMILES string of the molecule is CC(C)(C)OC(=O)C1CCC(C[C@H](N)C(=O)N2CCN(c3ccncc3)CC2)CC1.O=C1Nc2ncccc2C2(CCN(C(=O)N[C@H](Cc3cc(Br)c(O)c(Br)c3)C(=O)N[C@@H](CC3CCNCC3)C(=O)N3CCN(c4ccncc4)CC3)CC2)O1.O=C1Nc2ncccc2C2(CCN(C(=O)N[C@H](Cc3cc(Br)c(O)c(Br)c3)C(=O)O)CC2)O1. The van der Waals surface area contributed by atoms with Gasteiger partial charge in [0.15, 0.2) is 0 Å². The number of hydrogen-bond acceptors (Lipinski definition) is 22. The van der Waals surface area contributed by atoms with Crippen LogP contribution in [0.3, 0.4) is 0 Å². The first-order valence-electron chi connectivity index (χ1n) is 39.9. The molecule has 0 unspecified atom stereocenters. The van der Waals surface area contributed by atoms with Gasteiger partial charge in [0, 0.05) is 177 Å². The Balaban J connectivity index is 0.000000174. The van der Waals surface area contributed by atoms with Gasteiger partial charge in [-0.3, -0.25) is 39.8 Å². The summed E-state index contributed by atoms with van der Waals surface area (Å²) in [4.78, 5) is 145. The molecule has 1 saturated carbocycles. The molecule has 632 valence electrons. The Morgan fingerprint density at radius 1 is 0.542 bits per heavy atom. The number of esters is 1. The minimum absolute atomic E-state index is 0.00675. The summed E-state index contributed by atoms with van der Waals surface area (Å²) in [5.74, 6) is -0.268. The number of aromatic hydroxyl groups is 2. The first kappa shape index (κ1) is 87.8. The molecule has 32 nitrogen and oxygen atoms in total. The number of nitrogens with two attached hydrogens (primary N) is 1. The molecule has 2 aromatic carbocycles. The number of piperidine rings is 3. The summed E-state index contributed by atoms with van der Waals surface area (Å²) in [7, 11) is 0. The Kier molecular flexibility index (Phi) is 29.5. The fourth-order valence-corrected chi connectivity index (χ4v) is 19.1. The molecule has 6 aromatic rings. The Labute approximate surface area is 718 Å². The number of ether oxygens (including phenoxy) is 3. The number of carbonyl (C=O) groups excluding carboxylic acids is 8. The number of pyridine rings is 4. The van der Waals surface area contributed by atoms with Gasteiger partial charge >= 0.3 is 36.2 Å². The summed E-state index contributed by atoms with van der Waals surface area (Å²) in [5.41, 5.74) is 9.07. The average Bonchev–Trinajstić information content (AvgIpc) is 0.760. The van der Waals surface area contributed by atoms with E-state index in [0.717, 1.165) is 87.2 Å². The number of rotatable bonds is 18. The van der Waals surface area contributed by atoms with Crippen molar-refractivity contribution in [1.82, 2.24) is 60.8 Å². The summed E-state index contributed by atoms with van der Waals surface area (Å²) in [5, 5.41) is 47.1. The van der Waals surface area contributed by atoms with Crippen molar-refractivity contribution in [2.75, 3.05) is 112 Å². The molecule has 6 fully saturated rings. The number of nitrogens with zero attached hydrogens (tertiary/aromatic N) is 10. The summed E-state index contributed by atoms with van der Waals surface area (Å²) >= 11 is 13.2. The minimum atomic E-state index is -1.18. The quantitative estimate of drug-likeness (QED) is 0.0282. The number of carboxylic acid groups (broad SMARTS) is 1. The summed E-state index contributed by atoms with van der Waals surface area (Å²) in [6, 6.07) is 17.3. The van der Waals surface area contributed by atoms with Crippen LogP contribution in [-0.4, -0.2) is 230 Å². The topological polar surface area (TPSA) is 411 Å². The van der Waals surface area contributed by atoms with Crippen molar-refractivity contribution in [3.63, 3.8) is 0 Å². The van der Waals surface area contributed by atoms with Crippen molar-refractivity contribution in [1.29, 1.82) is 0 Å². The highest BCUT2D eigenvalue weighted by Crippen LogP contribution is 2.45. The van der Waals surface area contributed by atoms with Gasteiger partial charge in [-0.2, -0.15) is 0 Å². The summed E-state index contributed by atoms with van der Waals surface area (Å²) in [6.45, 7) is 13.8. The third kappa shape index (κ3) is 22.5. The molecule has 0 radical (unpaired) electrons. The van der Waals surface area contributed by atoms with E-state index < -0.39 is 77.1 Å². The van der Waals surface area contributed by atoms with Crippen LogP contribution in [0.5, 0.6) is 11.5 Å². The molecule has 7 aliphatic heterocycles. The number of hydrogen-bond donors (Lipinski definition) is 10.